The third-order valence-electron chi connectivity index (χ3n) is 1.99. The predicted molar refractivity (Wildman–Crippen MR) is 48.0 cm³/mol. The average molecular weight is 204 g/mol. The maximum Gasteiger partial charge on any atom is 0.330 e. The van der Waals surface area contributed by atoms with Crippen LogP contribution in [0, 0.1) is 0 Å². The van der Waals surface area contributed by atoms with Gasteiger partial charge < -0.3 is 4.74 Å². The van der Waals surface area contributed by atoms with Gasteiger partial charge in [-0.1, -0.05) is 5.57 Å². The molecular formula is C8H12O4S. The van der Waals surface area contributed by atoms with E-state index in [9.17, 15) is 13.2 Å². The smallest absolute Gasteiger partial charge is 0.330 e. The summed E-state index contributed by atoms with van der Waals surface area (Å²) in [5.41, 5.74) is 0.863. The summed E-state index contributed by atoms with van der Waals surface area (Å²) in [6.07, 6.45) is 2.30. The van der Waals surface area contributed by atoms with Gasteiger partial charge in [0.25, 0.3) is 0 Å². The molecular weight excluding hydrogens is 192 g/mol. The van der Waals surface area contributed by atoms with Gasteiger partial charge in [0, 0.05) is 6.08 Å². The van der Waals surface area contributed by atoms with Crippen LogP contribution in [-0.4, -0.2) is 33.0 Å². The molecule has 0 aromatic carbocycles. The summed E-state index contributed by atoms with van der Waals surface area (Å²) in [6, 6.07) is 0. The Kier molecular flexibility index (Phi) is 3.08. The van der Waals surface area contributed by atoms with Gasteiger partial charge in [0.15, 0.2) is 9.84 Å². The summed E-state index contributed by atoms with van der Waals surface area (Å²) in [5, 5.41) is 0. The molecule has 0 N–H and O–H groups in total. The SMILES string of the molecule is COC(=O)C=C1CCS(=O)(=O)CC1. The summed E-state index contributed by atoms with van der Waals surface area (Å²) in [7, 11) is -1.55. The fourth-order valence-electron chi connectivity index (χ4n) is 1.17. The molecule has 0 radical (unpaired) electrons. The molecule has 1 heterocycles. The highest BCUT2D eigenvalue weighted by atomic mass is 32.2. The molecule has 0 bridgehead atoms. The first-order valence-electron chi connectivity index (χ1n) is 4.01. The highest BCUT2D eigenvalue weighted by molar-refractivity contribution is 7.91. The van der Waals surface area contributed by atoms with Gasteiger partial charge in [-0.3, -0.25) is 0 Å². The lowest BCUT2D eigenvalue weighted by Crippen LogP contribution is -2.18. The van der Waals surface area contributed by atoms with Crippen LogP contribution in [0.4, 0.5) is 0 Å². The van der Waals surface area contributed by atoms with Crippen molar-refractivity contribution in [2.24, 2.45) is 0 Å². The number of allylic oxidation sites excluding steroid dienone is 1. The lowest BCUT2D eigenvalue weighted by atomic mass is 10.1. The molecule has 4 nitrogen and oxygen atoms in total. The molecule has 5 heteroatoms. The molecule has 0 aromatic heterocycles. The molecule has 74 valence electrons. The monoisotopic (exact) mass is 204 g/mol. The Bertz CT molecular complexity index is 310. The van der Waals surface area contributed by atoms with Crippen molar-refractivity contribution >= 4 is 15.8 Å². The number of sulfone groups is 1. The maximum absolute atomic E-state index is 11.0. The Labute approximate surface area is 77.5 Å². The second-order valence-electron chi connectivity index (χ2n) is 2.98. The maximum atomic E-state index is 11.0. The van der Waals surface area contributed by atoms with E-state index in [2.05, 4.69) is 4.74 Å². The molecule has 1 aliphatic heterocycles. The molecule has 0 amide bonds. The Morgan fingerprint density at radius 2 is 1.92 bits per heavy atom. The second-order valence-corrected chi connectivity index (χ2v) is 5.28. The van der Waals surface area contributed by atoms with Gasteiger partial charge in [-0.05, 0) is 12.8 Å². The van der Waals surface area contributed by atoms with E-state index in [-0.39, 0.29) is 11.5 Å². The zero-order valence-corrected chi connectivity index (χ0v) is 8.26. The van der Waals surface area contributed by atoms with Gasteiger partial charge in [0.1, 0.15) is 0 Å². The molecule has 1 fully saturated rings. The van der Waals surface area contributed by atoms with E-state index in [0.29, 0.717) is 12.8 Å². The molecule has 1 rings (SSSR count). The van der Waals surface area contributed by atoms with Crippen LogP contribution >= 0.6 is 0 Å². The first kappa shape index (κ1) is 10.2. The Morgan fingerprint density at radius 1 is 1.38 bits per heavy atom. The highest BCUT2D eigenvalue weighted by Crippen LogP contribution is 2.17. The van der Waals surface area contributed by atoms with Crippen molar-refractivity contribution in [3.63, 3.8) is 0 Å². The quantitative estimate of drug-likeness (QED) is 0.455. The van der Waals surface area contributed by atoms with Crippen LogP contribution in [0.3, 0.4) is 0 Å². The molecule has 0 saturated carbocycles. The number of carbonyl (C=O) groups excluding carboxylic acids is 1. The van der Waals surface area contributed by atoms with Gasteiger partial charge in [-0.2, -0.15) is 0 Å². The summed E-state index contributed by atoms with van der Waals surface area (Å²) >= 11 is 0. The molecule has 0 aliphatic carbocycles. The minimum atomic E-state index is -2.85. The van der Waals surface area contributed by atoms with Gasteiger partial charge >= 0.3 is 5.97 Å². The average Bonchev–Trinajstić information content (AvgIpc) is 2.08. The predicted octanol–water partition coefficient (Wildman–Crippen LogP) is 0.294. The Morgan fingerprint density at radius 3 is 2.38 bits per heavy atom. The number of esters is 1. The fraction of sp³-hybridized carbons (Fsp3) is 0.625. The van der Waals surface area contributed by atoms with Crippen LogP contribution in [0.2, 0.25) is 0 Å². The van der Waals surface area contributed by atoms with Crippen LogP contribution in [0.25, 0.3) is 0 Å². The van der Waals surface area contributed by atoms with E-state index in [1.165, 1.54) is 13.2 Å². The fourth-order valence-corrected chi connectivity index (χ4v) is 2.52. The number of hydrogen-bond donors (Lipinski definition) is 0. The second kappa shape index (κ2) is 3.91. The lowest BCUT2D eigenvalue weighted by molar-refractivity contribution is -0.134. The molecule has 0 spiro atoms. The first-order valence-corrected chi connectivity index (χ1v) is 5.83. The highest BCUT2D eigenvalue weighted by Gasteiger charge is 2.19. The van der Waals surface area contributed by atoms with Crippen molar-refractivity contribution in [3.05, 3.63) is 11.6 Å². The topological polar surface area (TPSA) is 60.4 Å². The molecule has 0 unspecified atom stereocenters. The van der Waals surface area contributed by atoms with E-state index < -0.39 is 15.8 Å². The summed E-state index contributed by atoms with van der Waals surface area (Å²) < 4.78 is 26.5. The van der Waals surface area contributed by atoms with Crippen molar-refractivity contribution in [3.8, 4) is 0 Å². The van der Waals surface area contributed by atoms with Gasteiger partial charge in [-0.15, -0.1) is 0 Å². The first-order chi connectivity index (χ1) is 6.03. The number of carbonyl (C=O) groups is 1. The molecule has 1 saturated heterocycles. The number of ether oxygens (including phenoxy) is 1. The van der Waals surface area contributed by atoms with Crippen molar-refractivity contribution < 1.29 is 17.9 Å². The van der Waals surface area contributed by atoms with E-state index in [1.807, 2.05) is 0 Å². The number of hydrogen-bond acceptors (Lipinski definition) is 4. The normalized spacial score (nSPS) is 20.8. The van der Waals surface area contributed by atoms with Crippen LogP contribution in [0.15, 0.2) is 11.6 Å². The van der Waals surface area contributed by atoms with Crippen molar-refractivity contribution in [1.82, 2.24) is 0 Å². The molecule has 0 atom stereocenters. The number of methoxy groups -OCH3 is 1. The van der Waals surface area contributed by atoms with Crippen LogP contribution in [0.1, 0.15) is 12.8 Å². The molecule has 0 aromatic rings. The zero-order chi connectivity index (χ0) is 9.90. The van der Waals surface area contributed by atoms with Gasteiger partial charge in [0.2, 0.25) is 0 Å². The van der Waals surface area contributed by atoms with Crippen LogP contribution in [0.5, 0.6) is 0 Å². The minimum absolute atomic E-state index is 0.149. The molecule has 13 heavy (non-hydrogen) atoms. The van der Waals surface area contributed by atoms with Gasteiger partial charge in [0.05, 0.1) is 18.6 Å². The third-order valence-corrected chi connectivity index (χ3v) is 3.64. The van der Waals surface area contributed by atoms with Crippen LogP contribution in [-0.2, 0) is 19.4 Å². The summed E-state index contributed by atoms with van der Waals surface area (Å²) in [5.74, 6) is -0.111. The van der Waals surface area contributed by atoms with Gasteiger partial charge in [-0.25, -0.2) is 13.2 Å². The van der Waals surface area contributed by atoms with Crippen molar-refractivity contribution in [2.75, 3.05) is 18.6 Å². The largest absolute Gasteiger partial charge is 0.466 e. The lowest BCUT2D eigenvalue weighted by Gasteiger charge is -2.13. The zero-order valence-electron chi connectivity index (χ0n) is 7.45. The van der Waals surface area contributed by atoms with E-state index in [0.717, 1.165) is 5.57 Å². The standard InChI is InChI=1S/C8H12O4S/c1-12-8(9)6-7-2-4-13(10,11)5-3-7/h6H,2-5H2,1H3. The Balaban J connectivity index is 2.60. The van der Waals surface area contributed by atoms with E-state index >= 15 is 0 Å². The van der Waals surface area contributed by atoms with Crippen molar-refractivity contribution in [2.45, 2.75) is 12.8 Å². The van der Waals surface area contributed by atoms with Crippen molar-refractivity contribution in [1.29, 1.82) is 0 Å². The Hall–Kier alpha value is -0.840. The molecule has 1 aliphatic rings. The summed E-state index contributed by atoms with van der Waals surface area (Å²) in [4.78, 5) is 10.8. The van der Waals surface area contributed by atoms with E-state index in [1.54, 1.807) is 0 Å². The third kappa shape index (κ3) is 3.18. The summed E-state index contributed by atoms with van der Waals surface area (Å²) in [6.45, 7) is 0. The minimum Gasteiger partial charge on any atom is -0.466 e. The van der Waals surface area contributed by atoms with E-state index in [4.69, 9.17) is 0 Å². The van der Waals surface area contributed by atoms with Crippen LogP contribution < -0.4 is 0 Å². The number of rotatable bonds is 1.